The third-order valence-corrected chi connectivity index (χ3v) is 1.93. The first kappa shape index (κ1) is 8.44. The summed E-state index contributed by atoms with van der Waals surface area (Å²) < 4.78 is 24.8. The van der Waals surface area contributed by atoms with Gasteiger partial charge < -0.3 is 4.98 Å². The molecule has 68 valence electrons. The maximum atomic E-state index is 12.4. The van der Waals surface area contributed by atoms with E-state index in [1.54, 1.807) is 12.1 Å². The first-order chi connectivity index (χ1) is 6.18. The van der Waals surface area contributed by atoms with Gasteiger partial charge in [0.05, 0.1) is 11.0 Å². The molecule has 1 N–H and O–H groups in total. The highest BCUT2D eigenvalue weighted by Crippen LogP contribution is 2.26. The first-order valence-electron chi connectivity index (χ1n) is 3.61. The normalized spacial score (nSPS) is 11.4. The van der Waals surface area contributed by atoms with Crippen LogP contribution in [0.15, 0.2) is 18.2 Å². The Kier molecular flexibility index (Phi) is 1.92. The fraction of sp³-hybridized carbons (Fsp3) is 0.125. The molecule has 5 heteroatoms. The van der Waals surface area contributed by atoms with E-state index < -0.39 is 6.43 Å². The fourth-order valence-corrected chi connectivity index (χ4v) is 1.39. The Morgan fingerprint density at radius 1 is 1.38 bits per heavy atom. The Morgan fingerprint density at radius 3 is 2.85 bits per heavy atom. The van der Waals surface area contributed by atoms with Gasteiger partial charge in [-0.1, -0.05) is 12.1 Å². The van der Waals surface area contributed by atoms with Crippen molar-refractivity contribution in [1.29, 1.82) is 0 Å². The van der Waals surface area contributed by atoms with E-state index in [-0.39, 0.29) is 16.4 Å². The number of hydrogen-bond donors (Lipinski definition) is 1. The molecule has 0 saturated heterocycles. The number of H-pyrrole nitrogens is 1. The minimum atomic E-state index is -2.52. The molecule has 2 aromatic rings. The van der Waals surface area contributed by atoms with Gasteiger partial charge >= 0.3 is 0 Å². The molecule has 13 heavy (non-hydrogen) atoms. The molecular weight excluding hydrogens is 198 g/mol. The molecule has 0 saturated carbocycles. The lowest BCUT2D eigenvalue weighted by atomic mass is 10.2. The number of aromatic amines is 1. The predicted octanol–water partition coefficient (Wildman–Crippen LogP) is 3.15. The second kappa shape index (κ2) is 2.96. The quantitative estimate of drug-likeness (QED) is 0.756. The van der Waals surface area contributed by atoms with Gasteiger partial charge in [-0.05, 0) is 17.7 Å². The van der Waals surface area contributed by atoms with Crippen molar-refractivity contribution in [1.82, 2.24) is 9.97 Å². The smallest absolute Gasteiger partial charge is 0.266 e. The number of halogens is 3. The molecule has 0 aliphatic carbocycles. The van der Waals surface area contributed by atoms with E-state index in [1.165, 1.54) is 6.07 Å². The molecule has 1 aromatic carbocycles. The number of alkyl halides is 2. The molecule has 0 aliphatic heterocycles. The van der Waals surface area contributed by atoms with E-state index in [9.17, 15) is 8.78 Å². The number of aromatic nitrogens is 2. The molecule has 0 unspecified atom stereocenters. The second-order valence-electron chi connectivity index (χ2n) is 2.57. The van der Waals surface area contributed by atoms with E-state index in [0.717, 1.165) is 0 Å². The number of rotatable bonds is 1. The van der Waals surface area contributed by atoms with Crippen LogP contribution in [0.4, 0.5) is 8.78 Å². The summed E-state index contributed by atoms with van der Waals surface area (Å²) in [6, 6.07) is 4.53. The number of benzene rings is 1. The summed E-state index contributed by atoms with van der Waals surface area (Å²) >= 11 is 5.55. The lowest BCUT2D eigenvalue weighted by molar-refractivity contribution is 0.153. The van der Waals surface area contributed by atoms with Crippen LogP contribution in [0.2, 0.25) is 5.28 Å². The Bertz CT molecular complexity index is 439. The van der Waals surface area contributed by atoms with Gasteiger partial charge in [-0.3, -0.25) is 0 Å². The molecule has 1 aromatic heterocycles. The van der Waals surface area contributed by atoms with E-state index in [1.807, 2.05) is 0 Å². The average Bonchev–Trinajstić information content (AvgIpc) is 2.43. The maximum absolute atomic E-state index is 12.4. The third kappa shape index (κ3) is 1.37. The molecule has 2 nitrogen and oxygen atoms in total. The number of fused-ring (bicyclic) bond motifs is 1. The van der Waals surface area contributed by atoms with Crippen molar-refractivity contribution in [3.8, 4) is 0 Å². The number of nitrogens with one attached hydrogen (secondary N) is 1. The number of imidazole rings is 1. The van der Waals surface area contributed by atoms with Crippen molar-refractivity contribution in [3.63, 3.8) is 0 Å². The predicted molar refractivity (Wildman–Crippen MR) is 46.1 cm³/mol. The molecule has 0 radical (unpaired) electrons. The third-order valence-electron chi connectivity index (χ3n) is 1.75. The van der Waals surface area contributed by atoms with Crippen LogP contribution in [0, 0.1) is 0 Å². The van der Waals surface area contributed by atoms with Crippen molar-refractivity contribution in [2.45, 2.75) is 6.43 Å². The summed E-state index contributed by atoms with van der Waals surface area (Å²) in [7, 11) is 0. The fourth-order valence-electron chi connectivity index (χ4n) is 1.20. The minimum absolute atomic E-state index is 0.0966. The molecular formula is C8H5ClF2N2. The van der Waals surface area contributed by atoms with Gasteiger partial charge in [0, 0.05) is 5.56 Å². The van der Waals surface area contributed by atoms with Crippen LogP contribution in [-0.2, 0) is 0 Å². The molecule has 1 heterocycles. The van der Waals surface area contributed by atoms with Gasteiger partial charge in [0.2, 0.25) is 5.28 Å². The van der Waals surface area contributed by atoms with Crippen LogP contribution in [-0.4, -0.2) is 9.97 Å². The molecule has 0 aliphatic rings. The highest BCUT2D eigenvalue weighted by atomic mass is 35.5. The van der Waals surface area contributed by atoms with Gasteiger partial charge in [-0.25, -0.2) is 13.8 Å². The van der Waals surface area contributed by atoms with E-state index in [0.29, 0.717) is 5.52 Å². The second-order valence-corrected chi connectivity index (χ2v) is 2.93. The van der Waals surface area contributed by atoms with Crippen LogP contribution in [0.1, 0.15) is 12.0 Å². The zero-order valence-electron chi connectivity index (χ0n) is 6.39. The summed E-state index contributed by atoms with van der Waals surface area (Å²) in [5.41, 5.74) is 0.672. The Morgan fingerprint density at radius 2 is 2.15 bits per heavy atom. The molecule has 2 rings (SSSR count). The summed E-state index contributed by atoms with van der Waals surface area (Å²) in [5.74, 6) is 0. The van der Waals surface area contributed by atoms with Crippen LogP contribution in [0.5, 0.6) is 0 Å². The Labute approximate surface area is 77.5 Å². The Balaban J connectivity index is 2.75. The van der Waals surface area contributed by atoms with E-state index in [4.69, 9.17) is 11.6 Å². The summed E-state index contributed by atoms with van der Waals surface area (Å²) in [4.78, 5) is 6.44. The zero-order valence-corrected chi connectivity index (χ0v) is 7.15. The van der Waals surface area contributed by atoms with Crippen molar-refractivity contribution >= 4 is 22.6 Å². The largest absolute Gasteiger partial charge is 0.329 e. The van der Waals surface area contributed by atoms with Gasteiger partial charge in [0.25, 0.3) is 6.43 Å². The average molecular weight is 203 g/mol. The van der Waals surface area contributed by atoms with Crippen molar-refractivity contribution < 1.29 is 8.78 Å². The lowest BCUT2D eigenvalue weighted by Crippen LogP contribution is -1.85. The SMILES string of the molecule is FC(F)c1cccc2[nH]c(Cl)nc12. The van der Waals surface area contributed by atoms with Crippen LogP contribution in [0.25, 0.3) is 11.0 Å². The summed E-state index contributed by atoms with van der Waals surface area (Å²) in [6.45, 7) is 0. The van der Waals surface area contributed by atoms with Gasteiger partial charge in [0.15, 0.2) is 0 Å². The van der Waals surface area contributed by atoms with Gasteiger partial charge in [-0.15, -0.1) is 0 Å². The highest BCUT2D eigenvalue weighted by molar-refractivity contribution is 6.29. The monoisotopic (exact) mass is 202 g/mol. The van der Waals surface area contributed by atoms with Gasteiger partial charge in [0.1, 0.15) is 0 Å². The number of hydrogen-bond acceptors (Lipinski definition) is 1. The summed E-state index contributed by atoms with van der Waals surface area (Å²) in [6.07, 6.45) is -2.52. The van der Waals surface area contributed by atoms with E-state index >= 15 is 0 Å². The van der Waals surface area contributed by atoms with E-state index in [2.05, 4.69) is 9.97 Å². The van der Waals surface area contributed by atoms with Crippen molar-refractivity contribution in [2.75, 3.05) is 0 Å². The topological polar surface area (TPSA) is 28.7 Å². The molecule has 0 spiro atoms. The highest BCUT2D eigenvalue weighted by Gasteiger charge is 2.13. The standard InChI is InChI=1S/C8H5ClF2N2/c9-8-12-5-3-1-2-4(7(10)11)6(5)13-8/h1-3,7H,(H,12,13). The minimum Gasteiger partial charge on any atom is -0.329 e. The molecule has 0 fully saturated rings. The molecule has 0 bridgehead atoms. The van der Waals surface area contributed by atoms with Crippen molar-refractivity contribution in [3.05, 3.63) is 29.0 Å². The zero-order chi connectivity index (χ0) is 9.42. The van der Waals surface area contributed by atoms with Crippen molar-refractivity contribution in [2.24, 2.45) is 0 Å². The maximum Gasteiger partial charge on any atom is 0.266 e. The molecule has 0 atom stereocenters. The first-order valence-corrected chi connectivity index (χ1v) is 3.98. The summed E-state index contributed by atoms with van der Waals surface area (Å²) in [5, 5.41) is 0.128. The van der Waals surface area contributed by atoms with Crippen LogP contribution >= 0.6 is 11.6 Å². The lowest BCUT2D eigenvalue weighted by Gasteiger charge is -1.98. The van der Waals surface area contributed by atoms with Gasteiger partial charge in [-0.2, -0.15) is 0 Å². The molecule has 0 amide bonds. The number of para-hydroxylation sites is 1. The van der Waals surface area contributed by atoms with Crippen LogP contribution < -0.4 is 0 Å². The number of nitrogens with zero attached hydrogens (tertiary/aromatic N) is 1. The Hall–Kier alpha value is -1.16. The van der Waals surface area contributed by atoms with Crippen LogP contribution in [0.3, 0.4) is 0 Å².